The first kappa shape index (κ1) is 20.9. The van der Waals surface area contributed by atoms with Crippen molar-refractivity contribution in [2.75, 3.05) is 10.6 Å². The third-order valence-electron chi connectivity index (χ3n) is 5.47. The molecule has 1 aliphatic rings. The summed E-state index contributed by atoms with van der Waals surface area (Å²) < 4.78 is 4.22. The lowest BCUT2D eigenvalue weighted by atomic mass is 10.0. The number of fused-ring (bicyclic) bond motifs is 1. The summed E-state index contributed by atoms with van der Waals surface area (Å²) in [5.74, 6) is 0.885. The van der Waals surface area contributed by atoms with Crippen molar-refractivity contribution >= 4 is 35.3 Å². The predicted molar refractivity (Wildman–Crippen MR) is 134 cm³/mol. The standard InChI is InChI=1S/C26H23N3OS2/c1-31-26-27-25-23(29(26)21-15-9-4-10-16-21)24(30)22(17-19-11-5-2-6-12-19)32-28(25)18-20-13-7-3-8-14-20/h2-16,22H,17-18H2,1H3. The number of anilines is 1. The number of aromatic nitrogens is 2. The number of rotatable bonds is 6. The van der Waals surface area contributed by atoms with Crippen LogP contribution >= 0.6 is 23.7 Å². The lowest BCUT2D eigenvalue weighted by molar-refractivity contribution is 0.0981. The van der Waals surface area contributed by atoms with Gasteiger partial charge in [0.25, 0.3) is 0 Å². The zero-order valence-electron chi connectivity index (χ0n) is 17.7. The Balaban J connectivity index is 1.61. The van der Waals surface area contributed by atoms with Gasteiger partial charge in [0.2, 0.25) is 0 Å². The van der Waals surface area contributed by atoms with Gasteiger partial charge < -0.3 is 0 Å². The molecule has 0 saturated heterocycles. The summed E-state index contributed by atoms with van der Waals surface area (Å²) >= 11 is 3.16. The Bertz CT molecular complexity index is 1210. The highest BCUT2D eigenvalue weighted by Gasteiger charge is 2.38. The number of Topliss-reactive ketones (excluding diaryl/α,β-unsaturated/α-hetero) is 1. The number of nitrogens with zero attached hydrogens (tertiary/aromatic N) is 3. The van der Waals surface area contributed by atoms with Gasteiger partial charge in [-0.3, -0.25) is 13.7 Å². The molecule has 32 heavy (non-hydrogen) atoms. The molecule has 1 unspecified atom stereocenters. The molecule has 4 aromatic rings. The highest BCUT2D eigenvalue weighted by molar-refractivity contribution is 8.02. The molecule has 160 valence electrons. The molecule has 3 aromatic carbocycles. The molecule has 6 heteroatoms. The van der Waals surface area contributed by atoms with Gasteiger partial charge in [-0.2, -0.15) is 0 Å². The Labute approximate surface area is 196 Å². The average molecular weight is 458 g/mol. The predicted octanol–water partition coefficient (Wildman–Crippen LogP) is 6.06. The fourth-order valence-corrected chi connectivity index (χ4v) is 5.75. The van der Waals surface area contributed by atoms with Crippen LogP contribution in [0.15, 0.2) is 96.2 Å². The number of para-hydroxylation sites is 1. The molecule has 0 spiro atoms. The van der Waals surface area contributed by atoms with Crippen molar-refractivity contribution in [2.24, 2.45) is 0 Å². The molecule has 2 heterocycles. The zero-order chi connectivity index (χ0) is 21.9. The van der Waals surface area contributed by atoms with Crippen LogP contribution in [0.4, 0.5) is 5.82 Å². The normalized spacial score (nSPS) is 15.6. The van der Waals surface area contributed by atoms with Crippen molar-refractivity contribution < 1.29 is 4.79 Å². The van der Waals surface area contributed by atoms with Crippen molar-refractivity contribution in [3.8, 4) is 5.69 Å². The molecular formula is C26H23N3OS2. The minimum atomic E-state index is -0.206. The molecule has 0 fully saturated rings. The molecule has 5 rings (SSSR count). The van der Waals surface area contributed by atoms with Gasteiger partial charge in [-0.15, -0.1) is 0 Å². The van der Waals surface area contributed by atoms with Gasteiger partial charge in [0, 0.05) is 5.69 Å². The zero-order valence-corrected chi connectivity index (χ0v) is 19.4. The van der Waals surface area contributed by atoms with Crippen LogP contribution < -0.4 is 4.31 Å². The Morgan fingerprint density at radius 3 is 2.09 bits per heavy atom. The lowest BCUT2D eigenvalue weighted by Gasteiger charge is -2.31. The molecule has 1 aliphatic heterocycles. The largest absolute Gasteiger partial charge is 0.294 e. The number of carbonyl (C=O) groups excluding carboxylic acids is 1. The Hall–Kier alpha value is -2.96. The van der Waals surface area contributed by atoms with E-state index in [1.54, 1.807) is 23.7 Å². The van der Waals surface area contributed by atoms with Crippen LogP contribution in [0.1, 0.15) is 21.6 Å². The molecule has 1 atom stereocenters. The number of ketones is 1. The summed E-state index contributed by atoms with van der Waals surface area (Å²) in [4.78, 5) is 18.8. The molecule has 0 radical (unpaired) electrons. The van der Waals surface area contributed by atoms with E-state index in [0.29, 0.717) is 18.7 Å². The second-order valence-corrected chi connectivity index (χ2v) is 9.61. The van der Waals surface area contributed by atoms with E-state index < -0.39 is 0 Å². The van der Waals surface area contributed by atoms with Gasteiger partial charge in [-0.25, -0.2) is 4.98 Å². The smallest absolute Gasteiger partial charge is 0.198 e. The minimum absolute atomic E-state index is 0.134. The molecule has 0 amide bonds. The molecular weight excluding hydrogens is 434 g/mol. The summed E-state index contributed by atoms with van der Waals surface area (Å²) in [7, 11) is 0. The maximum atomic E-state index is 13.8. The number of benzene rings is 3. The fourth-order valence-electron chi connectivity index (χ4n) is 3.96. The van der Waals surface area contributed by atoms with E-state index in [1.807, 2.05) is 77.6 Å². The summed E-state index contributed by atoms with van der Waals surface area (Å²) in [5, 5.41) is 0.621. The van der Waals surface area contributed by atoms with Gasteiger partial charge in [0.1, 0.15) is 5.69 Å². The van der Waals surface area contributed by atoms with Crippen LogP contribution in [0, 0.1) is 0 Å². The first-order valence-electron chi connectivity index (χ1n) is 10.5. The van der Waals surface area contributed by atoms with Crippen molar-refractivity contribution in [2.45, 2.75) is 23.4 Å². The molecule has 0 saturated carbocycles. The number of hydrogen-bond donors (Lipinski definition) is 0. The van der Waals surface area contributed by atoms with Crippen molar-refractivity contribution in [3.63, 3.8) is 0 Å². The Morgan fingerprint density at radius 2 is 1.47 bits per heavy atom. The molecule has 0 N–H and O–H groups in total. The lowest BCUT2D eigenvalue weighted by Crippen LogP contribution is -2.34. The van der Waals surface area contributed by atoms with E-state index in [2.05, 4.69) is 28.6 Å². The van der Waals surface area contributed by atoms with E-state index in [0.717, 1.165) is 22.2 Å². The first-order chi connectivity index (χ1) is 15.7. The van der Waals surface area contributed by atoms with Gasteiger partial charge in [0.15, 0.2) is 16.8 Å². The summed E-state index contributed by atoms with van der Waals surface area (Å²) in [6, 6.07) is 30.6. The third-order valence-corrected chi connectivity index (χ3v) is 7.31. The van der Waals surface area contributed by atoms with E-state index >= 15 is 0 Å². The van der Waals surface area contributed by atoms with Crippen molar-refractivity contribution in [1.29, 1.82) is 0 Å². The highest BCUT2D eigenvalue weighted by Crippen LogP contribution is 2.42. The second kappa shape index (κ2) is 9.27. The maximum absolute atomic E-state index is 13.8. The number of thioether (sulfide) groups is 1. The van der Waals surface area contributed by atoms with E-state index in [4.69, 9.17) is 4.98 Å². The van der Waals surface area contributed by atoms with Crippen LogP contribution in [-0.4, -0.2) is 26.8 Å². The van der Waals surface area contributed by atoms with Crippen LogP contribution in [0.3, 0.4) is 0 Å². The topological polar surface area (TPSA) is 38.1 Å². The summed E-state index contributed by atoms with van der Waals surface area (Å²) in [6.07, 6.45) is 2.69. The molecule has 1 aromatic heterocycles. The molecule has 4 nitrogen and oxygen atoms in total. The summed E-state index contributed by atoms with van der Waals surface area (Å²) in [6.45, 7) is 0.691. The Morgan fingerprint density at radius 1 is 0.875 bits per heavy atom. The number of imidazole rings is 1. The molecule has 0 bridgehead atoms. The second-order valence-electron chi connectivity index (χ2n) is 7.61. The maximum Gasteiger partial charge on any atom is 0.198 e. The van der Waals surface area contributed by atoms with Crippen LogP contribution in [0.25, 0.3) is 5.69 Å². The minimum Gasteiger partial charge on any atom is -0.294 e. The SMILES string of the molecule is CSc1nc2c(n1-c1ccccc1)C(=O)C(Cc1ccccc1)SN2Cc1ccccc1. The van der Waals surface area contributed by atoms with Crippen LogP contribution in [0.2, 0.25) is 0 Å². The number of hydrogen-bond acceptors (Lipinski definition) is 5. The van der Waals surface area contributed by atoms with Crippen molar-refractivity contribution in [3.05, 3.63) is 108 Å². The van der Waals surface area contributed by atoms with Gasteiger partial charge >= 0.3 is 0 Å². The highest BCUT2D eigenvalue weighted by atomic mass is 32.2. The average Bonchev–Trinajstić information content (AvgIpc) is 3.24. The number of carbonyl (C=O) groups is 1. The fraction of sp³-hybridized carbons (Fsp3) is 0.154. The van der Waals surface area contributed by atoms with E-state index in [9.17, 15) is 4.79 Å². The van der Waals surface area contributed by atoms with Gasteiger partial charge in [0.05, 0.1) is 11.8 Å². The van der Waals surface area contributed by atoms with Crippen molar-refractivity contribution in [1.82, 2.24) is 9.55 Å². The first-order valence-corrected chi connectivity index (χ1v) is 12.6. The van der Waals surface area contributed by atoms with Crippen LogP contribution in [-0.2, 0) is 13.0 Å². The van der Waals surface area contributed by atoms with Gasteiger partial charge in [-0.05, 0) is 47.9 Å². The van der Waals surface area contributed by atoms with Gasteiger partial charge in [-0.1, -0.05) is 90.6 Å². The Kier molecular flexibility index (Phi) is 6.06. The van der Waals surface area contributed by atoms with Crippen LogP contribution in [0.5, 0.6) is 0 Å². The third kappa shape index (κ3) is 4.08. The van der Waals surface area contributed by atoms with E-state index in [-0.39, 0.29) is 11.0 Å². The summed E-state index contributed by atoms with van der Waals surface area (Å²) in [5.41, 5.74) is 4.00. The molecule has 0 aliphatic carbocycles. The van der Waals surface area contributed by atoms with E-state index in [1.165, 1.54) is 5.56 Å². The monoisotopic (exact) mass is 457 g/mol. The quantitative estimate of drug-likeness (QED) is 0.260.